The maximum Gasteiger partial charge on any atom is 0.243 e. The number of rotatable bonds is 7. The topological polar surface area (TPSA) is 108 Å². The maximum atomic E-state index is 12.2. The van der Waals surface area contributed by atoms with Crippen LogP contribution in [0.25, 0.3) is 0 Å². The van der Waals surface area contributed by atoms with E-state index in [1.807, 2.05) is 13.8 Å². The van der Waals surface area contributed by atoms with Crippen molar-refractivity contribution in [3.8, 4) is 0 Å². The van der Waals surface area contributed by atoms with Crippen molar-refractivity contribution in [1.82, 2.24) is 16.0 Å². The summed E-state index contributed by atoms with van der Waals surface area (Å²) in [4.78, 5) is 35.1. The number of amides is 2. The van der Waals surface area contributed by atoms with Crippen LogP contribution in [0.1, 0.15) is 33.6 Å². The average Bonchev–Trinajstić information content (AvgIpc) is 2.94. The first-order valence-electron chi connectivity index (χ1n) is 7.34. The van der Waals surface area contributed by atoms with E-state index in [1.165, 1.54) is 6.92 Å². The Kier molecular flexibility index (Phi) is 6.77. The van der Waals surface area contributed by atoms with Gasteiger partial charge in [0.2, 0.25) is 11.8 Å². The number of carbonyl (C=O) groups is 3. The highest BCUT2D eigenvalue weighted by atomic mass is 16.3. The second-order valence-electron chi connectivity index (χ2n) is 5.79. The third kappa shape index (κ3) is 5.09. The Morgan fingerprint density at radius 2 is 1.95 bits per heavy atom. The predicted octanol–water partition coefficient (Wildman–Crippen LogP) is -1.06. The normalized spacial score (nSPS) is 22.4. The van der Waals surface area contributed by atoms with Gasteiger partial charge in [0.1, 0.15) is 18.4 Å². The second kappa shape index (κ2) is 8.09. The van der Waals surface area contributed by atoms with E-state index in [4.69, 9.17) is 0 Å². The average molecular weight is 299 g/mol. The predicted molar refractivity (Wildman–Crippen MR) is 77.5 cm³/mol. The van der Waals surface area contributed by atoms with E-state index in [0.29, 0.717) is 6.29 Å². The molecule has 2 amide bonds. The van der Waals surface area contributed by atoms with Crippen molar-refractivity contribution in [3.05, 3.63) is 0 Å². The van der Waals surface area contributed by atoms with Crippen LogP contribution >= 0.6 is 0 Å². The highest BCUT2D eigenvalue weighted by molar-refractivity contribution is 5.91. The summed E-state index contributed by atoms with van der Waals surface area (Å²) in [7, 11) is 0. The van der Waals surface area contributed by atoms with E-state index in [9.17, 15) is 19.5 Å². The smallest absolute Gasteiger partial charge is 0.243 e. The molecule has 1 heterocycles. The summed E-state index contributed by atoms with van der Waals surface area (Å²) < 4.78 is 0. The molecule has 0 radical (unpaired) electrons. The maximum absolute atomic E-state index is 12.2. The second-order valence-corrected chi connectivity index (χ2v) is 5.79. The molecule has 1 rings (SSSR count). The van der Waals surface area contributed by atoms with Gasteiger partial charge in [0.05, 0.1) is 12.1 Å². The minimum atomic E-state index is -0.980. The van der Waals surface area contributed by atoms with Gasteiger partial charge in [-0.1, -0.05) is 13.8 Å². The zero-order valence-corrected chi connectivity index (χ0v) is 12.8. The fourth-order valence-corrected chi connectivity index (χ4v) is 2.22. The molecule has 0 aliphatic carbocycles. The van der Waals surface area contributed by atoms with Crippen molar-refractivity contribution in [2.45, 2.75) is 57.8 Å². The SMILES string of the molecule is CC(C)[C@H](NC(=O)[C@@H]1CCCN1)C(=O)N[C@H](C=O)[C@@H](C)O. The summed E-state index contributed by atoms with van der Waals surface area (Å²) in [5.41, 5.74) is 0. The van der Waals surface area contributed by atoms with Gasteiger partial charge in [-0.3, -0.25) is 9.59 Å². The minimum absolute atomic E-state index is 0.128. The summed E-state index contributed by atoms with van der Waals surface area (Å²) in [5.74, 6) is -0.799. The fourth-order valence-electron chi connectivity index (χ4n) is 2.22. The molecular weight excluding hydrogens is 274 g/mol. The van der Waals surface area contributed by atoms with E-state index in [0.717, 1.165) is 19.4 Å². The van der Waals surface area contributed by atoms with Crippen LogP contribution in [0.15, 0.2) is 0 Å². The van der Waals surface area contributed by atoms with Crippen molar-refractivity contribution in [2.75, 3.05) is 6.54 Å². The quantitative estimate of drug-likeness (QED) is 0.448. The zero-order chi connectivity index (χ0) is 16.0. The third-order valence-corrected chi connectivity index (χ3v) is 3.60. The highest BCUT2D eigenvalue weighted by Gasteiger charge is 2.30. The largest absolute Gasteiger partial charge is 0.391 e. The van der Waals surface area contributed by atoms with Gasteiger partial charge in [-0.2, -0.15) is 0 Å². The molecule has 1 aliphatic rings. The van der Waals surface area contributed by atoms with Gasteiger partial charge in [-0.15, -0.1) is 0 Å². The Balaban J connectivity index is 2.65. The summed E-state index contributed by atoms with van der Waals surface area (Å²) in [6, 6.07) is -1.97. The third-order valence-electron chi connectivity index (χ3n) is 3.60. The summed E-state index contributed by atoms with van der Waals surface area (Å²) in [6.45, 7) is 5.84. The van der Waals surface area contributed by atoms with Crippen LogP contribution < -0.4 is 16.0 Å². The molecule has 0 saturated carbocycles. The molecule has 1 aliphatic heterocycles. The first-order valence-corrected chi connectivity index (χ1v) is 7.34. The Bertz CT molecular complexity index is 378. The fraction of sp³-hybridized carbons (Fsp3) is 0.786. The molecule has 7 nitrogen and oxygen atoms in total. The first kappa shape index (κ1) is 17.6. The number of aldehydes is 1. The van der Waals surface area contributed by atoms with Gasteiger partial charge in [0.25, 0.3) is 0 Å². The van der Waals surface area contributed by atoms with Gasteiger partial charge in [0.15, 0.2) is 0 Å². The molecule has 1 saturated heterocycles. The first-order chi connectivity index (χ1) is 9.86. The molecule has 0 bridgehead atoms. The van der Waals surface area contributed by atoms with E-state index in [-0.39, 0.29) is 17.9 Å². The van der Waals surface area contributed by atoms with Crippen molar-refractivity contribution < 1.29 is 19.5 Å². The Morgan fingerprint density at radius 1 is 1.29 bits per heavy atom. The summed E-state index contributed by atoms with van der Waals surface area (Å²) >= 11 is 0. The lowest BCUT2D eigenvalue weighted by molar-refractivity contribution is -0.132. The lowest BCUT2D eigenvalue weighted by atomic mass is 10.0. The molecule has 7 heteroatoms. The highest BCUT2D eigenvalue weighted by Crippen LogP contribution is 2.08. The molecular formula is C14H25N3O4. The lowest BCUT2D eigenvalue weighted by Crippen LogP contribution is -2.56. The van der Waals surface area contributed by atoms with Crippen molar-refractivity contribution in [3.63, 3.8) is 0 Å². The lowest BCUT2D eigenvalue weighted by Gasteiger charge is -2.25. The van der Waals surface area contributed by atoms with Crippen LogP contribution in [0.5, 0.6) is 0 Å². The minimum Gasteiger partial charge on any atom is -0.391 e. The van der Waals surface area contributed by atoms with Gasteiger partial charge in [0, 0.05) is 0 Å². The van der Waals surface area contributed by atoms with Crippen LogP contribution in [-0.2, 0) is 14.4 Å². The molecule has 1 fully saturated rings. The van der Waals surface area contributed by atoms with Crippen LogP contribution in [-0.4, -0.2) is 54.0 Å². The number of nitrogens with one attached hydrogen (secondary N) is 3. The van der Waals surface area contributed by atoms with Crippen molar-refractivity contribution >= 4 is 18.1 Å². The summed E-state index contributed by atoms with van der Waals surface area (Å²) in [5, 5.41) is 17.6. The number of hydrogen-bond acceptors (Lipinski definition) is 5. The number of hydrogen-bond donors (Lipinski definition) is 4. The van der Waals surface area contributed by atoms with Crippen molar-refractivity contribution in [2.24, 2.45) is 5.92 Å². The van der Waals surface area contributed by atoms with Crippen LogP contribution in [0.3, 0.4) is 0 Å². The van der Waals surface area contributed by atoms with Crippen molar-refractivity contribution in [1.29, 1.82) is 0 Å². The Hall–Kier alpha value is -1.47. The molecule has 0 unspecified atom stereocenters. The molecule has 21 heavy (non-hydrogen) atoms. The molecule has 4 atom stereocenters. The molecule has 0 spiro atoms. The van der Waals surface area contributed by atoms with Crippen LogP contribution in [0.2, 0.25) is 0 Å². The molecule has 0 aromatic heterocycles. The molecule has 0 aromatic carbocycles. The Labute approximate surface area is 124 Å². The van der Waals surface area contributed by atoms with Crippen LogP contribution in [0.4, 0.5) is 0 Å². The zero-order valence-electron chi connectivity index (χ0n) is 12.8. The molecule has 0 aromatic rings. The summed E-state index contributed by atoms with van der Waals surface area (Å²) in [6.07, 6.45) is 1.20. The van der Waals surface area contributed by atoms with Gasteiger partial charge < -0.3 is 25.9 Å². The standard InChI is InChI=1S/C14H25N3O4/c1-8(2)12(14(21)16-11(7-18)9(3)19)17-13(20)10-5-4-6-15-10/h7-12,15,19H,4-6H2,1-3H3,(H,16,21)(H,17,20)/t9-,10+,11-,12+/m1/s1. The van der Waals surface area contributed by atoms with E-state index >= 15 is 0 Å². The monoisotopic (exact) mass is 299 g/mol. The number of aliphatic hydroxyl groups is 1. The van der Waals surface area contributed by atoms with Crippen LogP contribution in [0, 0.1) is 5.92 Å². The van der Waals surface area contributed by atoms with Gasteiger partial charge in [-0.25, -0.2) is 0 Å². The van der Waals surface area contributed by atoms with E-state index in [2.05, 4.69) is 16.0 Å². The van der Waals surface area contributed by atoms with E-state index in [1.54, 1.807) is 0 Å². The number of carbonyl (C=O) groups excluding carboxylic acids is 3. The van der Waals surface area contributed by atoms with Gasteiger partial charge in [-0.05, 0) is 32.2 Å². The van der Waals surface area contributed by atoms with E-state index < -0.39 is 24.1 Å². The molecule has 120 valence electrons. The Morgan fingerprint density at radius 3 is 2.38 bits per heavy atom. The molecule has 4 N–H and O–H groups in total. The number of aliphatic hydroxyl groups excluding tert-OH is 1. The van der Waals surface area contributed by atoms with Gasteiger partial charge >= 0.3 is 0 Å².